The van der Waals surface area contributed by atoms with E-state index in [1.165, 1.54) is 18.9 Å². The Kier molecular flexibility index (Phi) is 5.76. The molecule has 1 N–H and O–H groups in total. The number of hydrogen-bond donors (Lipinski definition) is 1. The molecule has 0 aliphatic carbocycles. The topological polar surface area (TPSA) is 86.8 Å². The van der Waals surface area contributed by atoms with Gasteiger partial charge in [0.25, 0.3) is 0 Å². The summed E-state index contributed by atoms with van der Waals surface area (Å²) in [7, 11) is 1.32. The Hall–Kier alpha value is -3.26. The van der Waals surface area contributed by atoms with E-state index >= 15 is 0 Å². The van der Waals surface area contributed by atoms with Crippen LogP contribution >= 0.6 is 11.8 Å². The smallest absolute Gasteiger partial charge is 0.337 e. The second-order valence-corrected chi connectivity index (χ2v) is 7.67. The Labute approximate surface area is 177 Å². The lowest BCUT2D eigenvalue weighted by molar-refractivity contribution is -0.113. The maximum Gasteiger partial charge on any atom is 0.337 e. The molecule has 1 aliphatic heterocycles. The molecule has 2 aromatic carbocycles. The zero-order chi connectivity index (χ0) is 21.1. The van der Waals surface area contributed by atoms with Crippen LogP contribution in [0.15, 0.2) is 47.5 Å². The molecule has 1 amide bonds. The number of carbonyl (C=O) groups is 2. The van der Waals surface area contributed by atoms with Crippen LogP contribution in [0.3, 0.4) is 0 Å². The largest absolute Gasteiger partial charge is 0.486 e. The lowest BCUT2D eigenvalue weighted by Gasteiger charge is -2.19. The van der Waals surface area contributed by atoms with Gasteiger partial charge in [0.05, 0.1) is 23.9 Å². The minimum Gasteiger partial charge on any atom is -0.486 e. The molecule has 0 atom stereocenters. The predicted octanol–water partition coefficient (Wildman–Crippen LogP) is 3.83. The van der Waals surface area contributed by atoms with Crippen LogP contribution < -0.4 is 14.8 Å². The zero-order valence-electron chi connectivity index (χ0n) is 16.6. The van der Waals surface area contributed by atoms with Crippen molar-refractivity contribution in [1.82, 2.24) is 4.98 Å². The van der Waals surface area contributed by atoms with Gasteiger partial charge in [-0.05, 0) is 42.8 Å². The molecule has 0 saturated carbocycles. The van der Waals surface area contributed by atoms with Crippen molar-refractivity contribution in [2.24, 2.45) is 0 Å². The first-order valence-corrected chi connectivity index (χ1v) is 10.3. The van der Waals surface area contributed by atoms with E-state index in [1.54, 1.807) is 24.3 Å². The number of anilines is 1. The highest BCUT2D eigenvalue weighted by atomic mass is 32.2. The SMILES string of the molecule is COC(=O)c1cccc(NC(=O)CSc2nc3cc4c(cc3cc2C)OCCO4)c1. The Morgan fingerprint density at radius 2 is 1.90 bits per heavy atom. The number of aryl methyl sites for hydroxylation is 1. The van der Waals surface area contributed by atoms with Crippen molar-refractivity contribution < 1.29 is 23.8 Å². The number of esters is 1. The van der Waals surface area contributed by atoms with E-state index in [2.05, 4.69) is 5.32 Å². The minimum absolute atomic E-state index is 0.187. The minimum atomic E-state index is -0.451. The zero-order valence-corrected chi connectivity index (χ0v) is 17.4. The number of thioether (sulfide) groups is 1. The summed E-state index contributed by atoms with van der Waals surface area (Å²) in [5.41, 5.74) is 2.68. The molecule has 1 aliphatic rings. The maximum atomic E-state index is 12.4. The molecule has 0 fully saturated rings. The second-order valence-electron chi connectivity index (χ2n) is 6.71. The average molecular weight is 424 g/mol. The van der Waals surface area contributed by atoms with Gasteiger partial charge in [0, 0.05) is 17.1 Å². The van der Waals surface area contributed by atoms with Crippen molar-refractivity contribution in [3.05, 3.63) is 53.6 Å². The van der Waals surface area contributed by atoms with E-state index in [1.807, 2.05) is 25.1 Å². The molecule has 7 nitrogen and oxygen atoms in total. The fourth-order valence-electron chi connectivity index (χ4n) is 3.12. The normalized spacial score (nSPS) is 12.5. The van der Waals surface area contributed by atoms with Crippen LogP contribution in [0.1, 0.15) is 15.9 Å². The van der Waals surface area contributed by atoms with Gasteiger partial charge in [-0.3, -0.25) is 4.79 Å². The summed E-state index contributed by atoms with van der Waals surface area (Å²) in [6.45, 7) is 3.02. The van der Waals surface area contributed by atoms with Gasteiger partial charge in [-0.2, -0.15) is 0 Å². The van der Waals surface area contributed by atoms with Gasteiger partial charge in [0.1, 0.15) is 18.2 Å². The number of ether oxygens (including phenoxy) is 3. The monoisotopic (exact) mass is 424 g/mol. The number of benzene rings is 2. The average Bonchev–Trinajstić information content (AvgIpc) is 2.76. The van der Waals surface area contributed by atoms with E-state index in [9.17, 15) is 9.59 Å². The second kappa shape index (κ2) is 8.62. The number of rotatable bonds is 5. The van der Waals surface area contributed by atoms with Crippen LogP contribution in [0.5, 0.6) is 11.5 Å². The molecule has 30 heavy (non-hydrogen) atoms. The quantitative estimate of drug-likeness (QED) is 0.492. The molecule has 0 unspecified atom stereocenters. The molecule has 154 valence electrons. The maximum absolute atomic E-state index is 12.4. The van der Waals surface area contributed by atoms with Gasteiger partial charge < -0.3 is 19.5 Å². The van der Waals surface area contributed by atoms with Crippen LogP contribution in [0.25, 0.3) is 10.9 Å². The summed E-state index contributed by atoms with van der Waals surface area (Å²) in [4.78, 5) is 28.7. The molecular weight excluding hydrogens is 404 g/mol. The molecule has 0 radical (unpaired) electrons. The summed E-state index contributed by atoms with van der Waals surface area (Å²) in [6, 6.07) is 12.5. The molecular formula is C22H20N2O5S. The molecule has 0 spiro atoms. The van der Waals surface area contributed by atoms with Crippen molar-refractivity contribution in [2.45, 2.75) is 11.9 Å². The summed E-state index contributed by atoms with van der Waals surface area (Å²) >= 11 is 1.35. The van der Waals surface area contributed by atoms with Gasteiger partial charge in [-0.25, -0.2) is 9.78 Å². The Morgan fingerprint density at radius 3 is 2.67 bits per heavy atom. The molecule has 0 bridgehead atoms. The highest BCUT2D eigenvalue weighted by Crippen LogP contribution is 2.35. The predicted molar refractivity (Wildman–Crippen MR) is 115 cm³/mol. The highest BCUT2D eigenvalue weighted by molar-refractivity contribution is 8.00. The molecule has 4 rings (SSSR count). The van der Waals surface area contributed by atoms with Crippen LogP contribution in [0.2, 0.25) is 0 Å². The van der Waals surface area contributed by atoms with Crippen LogP contribution in [-0.2, 0) is 9.53 Å². The third kappa shape index (κ3) is 4.33. The van der Waals surface area contributed by atoms with E-state index < -0.39 is 5.97 Å². The van der Waals surface area contributed by atoms with Crippen LogP contribution in [0, 0.1) is 6.92 Å². The lowest BCUT2D eigenvalue weighted by atomic mass is 10.1. The van der Waals surface area contributed by atoms with Crippen molar-refractivity contribution in [3.8, 4) is 11.5 Å². The first-order valence-electron chi connectivity index (χ1n) is 9.35. The number of nitrogens with zero attached hydrogens (tertiary/aromatic N) is 1. The molecule has 2 heterocycles. The molecule has 3 aromatic rings. The third-order valence-electron chi connectivity index (χ3n) is 4.53. The first-order chi connectivity index (χ1) is 14.5. The van der Waals surface area contributed by atoms with E-state index in [0.717, 1.165) is 27.2 Å². The summed E-state index contributed by atoms with van der Waals surface area (Å²) < 4.78 is 16.0. The van der Waals surface area contributed by atoms with Gasteiger partial charge in [0.2, 0.25) is 5.91 Å². The number of nitrogens with one attached hydrogen (secondary N) is 1. The van der Waals surface area contributed by atoms with Crippen molar-refractivity contribution >= 4 is 40.2 Å². The Balaban J connectivity index is 1.46. The van der Waals surface area contributed by atoms with E-state index in [4.69, 9.17) is 19.2 Å². The standard InChI is InChI=1S/C22H20N2O5S/c1-13-8-15-10-18-19(29-7-6-28-18)11-17(15)24-21(13)30-12-20(25)23-16-5-3-4-14(9-16)22(26)27-2/h3-5,8-11H,6-7,12H2,1-2H3,(H,23,25). The van der Waals surface area contributed by atoms with Gasteiger partial charge >= 0.3 is 5.97 Å². The fraction of sp³-hybridized carbons (Fsp3) is 0.227. The van der Waals surface area contributed by atoms with Gasteiger partial charge in [0.15, 0.2) is 11.5 Å². The number of carbonyl (C=O) groups excluding carboxylic acids is 2. The summed E-state index contributed by atoms with van der Waals surface area (Å²) in [5.74, 6) is 0.957. The van der Waals surface area contributed by atoms with Crippen LogP contribution in [0.4, 0.5) is 5.69 Å². The van der Waals surface area contributed by atoms with Crippen LogP contribution in [-0.4, -0.2) is 42.9 Å². The number of fused-ring (bicyclic) bond motifs is 2. The lowest BCUT2D eigenvalue weighted by Crippen LogP contribution is -2.15. The van der Waals surface area contributed by atoms with Crippen molar-refractivity contribution in [1.29, 1.82) is 0 Å². The molecule has 8 heteroatoms. The Bertz CT molecular complexity index is 1130. The van der Waals surface area contributed by atoms with E-state index in [0.29, 0.717) is 30.2 Å². The van der Waals surface area contributed by atoms with Gasteiger partial charge in [-0.1, -0.05) is 17.8 Å². The summed E-state index contributed by atoms with van der Waals surface area (Å²) in [5, 5.41) is 4.54. The van der Waals surface area contributed by atoms with Crippen molar-refractivity contribution in [3.63, 3.8) is 0 Å². The third-order valence-corrected chi connectivity index (χ3v) is 5.62. The molecule has 1 aromatic heterocycles. The number of aromatic nitrogens is 1. The highest BCUT2D eigenvalue weighted by Gasteiger charge is 2.15. The van der Waals surface area contributed by atoms with Crippen molar-refractivity contribution in [2.75, 3.05) is 31.4 Å². The Morgan fingerprint density at radius 1 is 1.13 bits per heavy atom. The summed E-state index contributed by atoms with van der Waals surface area (Å²) in [6.07, 6.45) is 0. The molecule has 0 saturated heterocycles. The number of pyridine rings is 1. The first kappa shape index (κ1) is 20.0. The van der Waals surface area contributed by atoms with Gasteiger partial charge in [-0.15, -0.1) is 0 Å². The number of hydrogen-bond acceptors (Lipinski definition) is 7. The van der Waals surface area contributed by atoms with E-state index in [-0.39, 0.29) is 11.7 Å². The number of amides is 1. The fourth-order valence-corrected chi connectivity index (χ4v) is 3.91. The number of methoxy groups -OCH3 is 1.